The van der Waals surface area contributed by atoms with Crippen molar-refractivity contribution in [1.29, 1.82) is 0 Å². The molecule has 1 aromatic rings. The van der Waals surface area contributed by atoms with Gasteiger partial charge in [-0.2, -0.15) is 0 Å². The van der Waals surface area contributed by atoms with Gasteiger partial charge in [-0.15, -0.1) is 0 Å². The van der Waals surface area contributed by atoms with E-state index in [0.29, 0.717) is 18.5 Å². The highest BCUT2D eigenvalue weighted by Gasteiger charge is 2.31. The van der Waals surface area contributed by atoms with Crippen LogP contribution in [0.5, 0.6) is 0 Å². The number of nitrogens with zero attached hydrogens (tertiary/aromatic N) is 1. The lowest BCUT2D eigenvalue weighted by Gasteiger charge is -2.27. The Morgan fingerprint density at radius 2 is 2.15 bits per heavy atom. The van der Waals surface area contributed by atoms with E-state index in [9.17, 15) is 5.11 Å². The number of halogens is 1. The largest absolute Gasteiger partial charge is 0.395 e. The van der Waals surface area contributed by atoms with Gasteiger partial charge in [0.25, 0.3) is 0 Å². The molecule has 112 valence electrons. The van der Waals surface area contributed by atoms with Gasteiger partial charge in [0.15, 0.2) is 0 Å². The molecular formula is C16H25ClN2O. The maximum Gasteiger partial charge on any atom is 0.0643 e. The second kappa shape index (κ2) is 7.30. The van der Waals surface area contributed by atoms with Gasteiger partial charge in [0, 0.05) is 19.1 Å². The van der Waals surface area contributed by atoms with E-state index in [0.717, 1.165) is 23.8 Å². The minimum atomic E-state index is 0.167. The maximum absolute atomic E-state index is 9.30. The van der Waals surface area contributed by atoms with Gasteiger partial charge in [0.05, 0.1) is 17.3 Å². The monoisotopic (exact) mass is 296 g/mol. The highest BCUT2D eigenvalue weighted by Crippen LogP contribution is 2.37. The molecule has 1 saturated carbocycles. The molecule has 0 aromatic heterocycles. The smallest absolute Gasteiger partial charge is 0.0643 e. The molecule has 1 aromatic carbocycles. The summed E-state index contributed by atoms with van der Waals surface area (Å²) in [6.07, 6.45) is 2.40. The molecule has 1 aliphatic rings. The average Bonchev–Trinajstić information content (AvgIpc) is 3.21. The van der Waals surface area contributed by atoms with E-state index in [1.54, 1.807) is 0 Å². The molecule has 1 aliphatic carbocycles. The molecule has 0 unspecified atom stereocenters. The van der Waals surface area contributed by atoms with Crippen molar-refractivity contribution >= 4 is 17.3 Å². The quantitative estimate of drug-likeness (QED) is 0.774. The van der Waals surface area contributed by atoms with Gasteiger partial charge in [-0.3, -0.25) is 0 Å². The summed E-state index contributed by atoms with van der Waals surface area (Å²) in [6, 6.07) is 6.62. The summed E-state index contributed by atoms with van der Waals surface area (Å²) in [5.74, 6) is 0.634. The van der Waals surface area contributed by atoms with Crippen molar-refractivity contribution in [1.82, 2.24) is 5.32 Å². The second-order valence-corrected chi connectivity index (χ2v) is 6.33. The number of para-hydroxylation sites is 1. The normalized spacial score (nSPS) is 14.8. The van der Waals surface area contributed by atoms with E-state index >= 15 is 0 Å². The fraction of sp³-hybridized carbons (Fsp3) is 0.625. The van der Waals surface area contributed by atoms with E-state index < -0.39 is 0 Å². The fourth-order valence-corrected chi connectivity index (χ4v) is 2.79. The van der Waals surface area contributed by atoms with Crippen LogP contribution in [0.25, 0.3) is 0 Å². The first-order chi connectivity index (χ1) is 9.63. The number of nitrogens with one attached hydrogen (secondary N) is 1. The number of hydrogen-bond donors (Lipinski definition) is 2. The Morgan fingerprint density at radius 3 is 2.75 bits per heavy atom. The summed E-state index contributed by atoms with van der Waals surface area (Å²) >= 11 is 6.42. The third-order valence-electron chi connectivity index (χ3n) is 3.55. The highest BCUT2D eigenvalue weighted by molar-refractivity contribution is 6.33. The maximum atomic E-state index is 9.30. The summed E-state index contributed by atoms with van der Waals surface area (Å²) in [4.78, 5) is 2.27. The third kappa shape index (κ3) is 4.11. The Kier molecular flexibility index (Phi) is 5.70. The van der Waals surface area contributed by atoms with Crippen LogP contribution >= 0.6 is 11.6 Å². The predicted octanol–water partition coefficient (Wildman–Crippen LogP) is 3.05. The molecule has 3 nitrogen and oxygen atoms in total. The molecule has 0 spiro atoms. The zero-order valence-electron chi connectivity index (χ0n) is 12.4. The standard InChI is InChI=1S/C16H25ClN2O/c1-12(2)10-18-11-13-4-3-5-15(17)16(13)19(8-9-20)14-6-7-14/h3-5,12,14,18,20H,6-11H2,1-2H3. The molecule has 0 bridgehead atoms. The van der Waals surface area contributed by atoms with Crippen LogP contribution in [-0.4, -0.2) is 30.8 Å². The van der Waals surface area contributed by atoms with E-state index in [4.69, 9.17) is 11.6 Å². The summed E-state index contributed by atoms with van der Waals surface area (Å²) in [6.45, 7) is 7.05. The zero-order chi connectivity index (χ0) is 14.5. The van der Waals surface area contributed by atoms with Crippen LogP contribution < -0.4 is 10.2 Å². The van der Waals surface area contributed by atoms with E-state index in [1.165, 1.54) is 18.4 Å². The summed E-state index contributed by atoms with van der Waals surface area (Å²) < 4.78 is 0. The fourth-order valence-electron chi connectivity index (χ4n) is 2.49. The van der Waals surface area contributed by atoms with Crippen LogP contribution in [0.15, 0.2) is 18.2 Å². The molecule has 2 rings (SSSR count). The van der Waals surface area contributed by atoms with E-state index in [1.807, 2.05) is 12.1 Å². The van der Waals surface area contributed by atoms with Gasteiger partial charge >= 0.3 is 0 Å². The van der Waals surface area contributed by atoms with E-state index in [-0.39, 0.29) is 6.61 Å². The Hall–Kier alpha value is -0.770. The lowest BCUT2D eigenvalue weighted by atomic mass is 10.1. The summed E-state index contributed by atoms with van der Waals surface area (Å²) in [5, 5.41) is 13.6. The number of aliphatic hydroxyl groups is 1. The lowest BCUT2D eigenvalue weighted by molar-refractivity contribution is 0.301. The van der Waals surface area contributed by atoms with Crippen LogP contribution in [-0.2, 0) is 6.54 Å². The minimum absolute atomic E-state index is 0.167. The predicted molar refractivity (Wildman–Crippen MR) is 85.5 cm³/mol. The Bertz CT molecular complexity index is 432. The van der Waals surface area contributed by atoms with Crippen molar-refractivity contribution < 1.29 is 5.11 Å². The van der Waals surface area contributed by atoms with Gasteiger partial charge in [-0.25, -0.2) is 0 Å². The molecule has 0 saturated heterocycles. The SMILES string of the molecule is CC(C)CNCc1cccc(Cl)c1N(CCO)C1CC1. The Morgan fingerprint density at radius 1 is 1.40 bits per heavy atom. The molecule has 0 amide bonds. The first-order valence-corrected chi connectivity index (χ1v) is 7.87. The van der Waals surface area contributed by atoms with E-state index in [2.05, 4.69) is 30.1 Å². The van der Waals surface area contributed by atoms with Gasteiger partial charge in [0.1, 0.15) is 0 Å². The van der Waals surface area contributed by atoms with Crippen molar-refractivity contribution in [3.8, 4) is 0 Å². The number of benzene rings is 1. The number of anilines is 1. The molecule has 1 fully saturated rings. The number of aliphatic hydroxyl groups excluding tert-OH is 1. The molecule has 0 heterocycles. The van der Waals surface area contributed by atoms with Crippen LogP contribution in [0.4, 0.5) is 5.69 Å². The van der Waals surface area contributed by atoms with Crippen molar-refractivity contribution in [2.24, 2.45) is 5.92 Å². The Balaban J connectivity index is 2.16. The highest BCUT2D eigenvalue weighted by atomic mass is 35.5. The van der Waals surface area contributed by atoms with Gasteiger partial charge in [-0.05, 0) is 36.9 Å². The third-order valence-corrected chi connectivity index (χ3v) is 3.86. The zero-order valence-corrected chi connectivity index (χ0v) is 13.2. The molecule has 20 heavy (non-hydrogen) atoms. The summed E-state index contributed by atoms with van der Waals surface area (Å²) in [7, 11) is 0. The average molecular weight is 297 g/mol. The van der Waals surface area contributed by atoms with Crippen LogP contribution in [0.2, 0.25) is 5.02 Å². The van der Waals surface area contributed by atoms with Crippen molar-refractivity contribution in [2.45, 2.75) is 39.3 Å². The van der Waals surface area contributed by atoms with Crippen molar-refractivity contribution in [3.05, 3.63) is 28.8 Å². The first kappa shape index (κ1) is 15.6. The van der Waals surface area contributed by atoms with Gasteiger partial charge in [-0.1, -0.05) is 37.6 Å². The van der Waals surface area contributed by atoms with Crippen LogP contribution in [0.1, 0.15) is 32.3 Å². The lowest BCUT2D eigenvalue weighted by Crippen LogP contribution is -2.31. The molecule has 4 heteroatoms. The van der Waals surface area contributed by atoms with Gasteiger partial charge < -0.3 is 15.3 Å². The summed E-state index contributed by atoms with van der Waals surface area (Å²) in [5.41, 5.74) is 2.32. The van der Waals surface area contributed by atoms with Gasteiger partial charge in [0.2, 0.25) is 0 Å². The second-order valence-electron chi connectivity index (χ2n) is 5.92. The van der Waals surface area contributed by atoms with Crippen molar-refractivity contribution in [2.75, 3.05) is 24.6 Å². The number of hydrogen-bond acceptors (Lipinski definition) is 3. The molecule has 2 N–H and O–H groups in total. The minimum Gasteiger partial charge on any atom is -0.395 e. The Labute approximate surface area is 126 Å². The molecule has 0 atom stereocenters. The molecular weight excluding hydrogens is 272 g/mol. The first-order valence-electron chi connectivity index (χ1n) is 7.49. The van der Waals surface area contributed by atoms with Crippen molar-refractivity contribution in [3.63, 3.8) is 0 Å². The topological polar surface area (TPSA) is 35.5 Å². The number of rotatable bonds is 8. The van der Waals surface area contributed by atoms with Crippen LogP contribution in [0, 0.1) is 5.92 Å². The molecule has 0 aliphatic heterocycles. The molecule has 0 radical (unpaired) electrons. The van der Waals surface area contributed by atoms with Crippen LogP contribution in [0.3, 0.4) is 0 Å².